The Morgan fingerprint density at radius 3 is 2.35 bits per heavy atom. The van der Waals surface area contributed by atoms with Crippen LogP contribution in [-0.2, 0) is 0 Å². The van der Waals surface area contributed by atoms with E-state index in [0.29, 0.717) is 11.1 Å². The normalized spacial score (nSPS) is 10.7. The number of nitrogens with one attached hydrogen (secondary N) is 1. The number of aromatic hydroxyl groups is 1. The van der Waals surface area contributed by atoms with Gasteiger partial charge in [-0.25, -0.2) is 5.43 Å². The van der Waals surface area contributed by atoms with E-state index in [1.807, 2.05) is 6.07 Å². The Hall–Kier alpha value is -2.04. The van der Waals surface area contributed by atoms with E-state index < -0.39 is 0 Å². The molecule has 0 radical (unpaired) electrons. The molecule has 4 nitrogen and oxygen atoms in total. The molecule has 102 valence electrons. The maximum atomic E-state index is 11.7. The predicted molar refractivity (Wildman–Crippen MR) is 79.6 cm³/mol. The lowest BCUT2D eigenvalue weighted by Crippen LogP contribution is -2.17. The summed E-state index contributed by atoms with van der Waals surface area (Å²) in [4.78, 5) is 11.7. The smallest absolute Gasteiger partial charge is 0.271 e. The van der Waals surface area contributed by atoms with Crippen LogP contribution in [0.2, 0.25) is 10.0 Å². The topological polar surface area (TPSA) is 61.7 Å². The standard InChI is InChI=1S/C14H10Cl2N2O2/c15-11-6-9(7-12(16)13(11)19)8-17-18-14(20)10-4-2-1-3-5-10/h1-8,19H,(H,18,20). The third-order valence-corrected chi connectivity index (χ3v) is 3.03. The van der Waals surface area contributed by atoms with Crippen molar-refractivity contribution < 1.29 is 9.90 Å². The molecular weight excluding hydrogens is 299 g/mol. The van der Waals surface area contributed by atoms with E-state index in [-0.39, 0.29) is 21.7 Å². The van der Waals surface area contributed by atoms with Crippen LogP contribution in [0.1, 0.15) is 15.9 Å². The van der Waals surface area contributed by atoms with Gasteiger partial charge in [-0.2, -0.15) is 5.10 Å². The minimum atomic E-state index is -0.321. The number of halogens is 2. The Bertz CT molecular complexity index is 634. The molecule has 0 aliphatic carbocycles. The fourth-order valence-corrected chi connectivity index (χ4v) is 1.98. The van der Waals surface area contributed by atoms with E-state index in [4.69, 9.17) is 23.2 Å². The summed E-state index contributed by atoms with van der Waals surface area (Å²) < 4.78 is 0. The molecule has 2 rings (SSSR count). The summed E-state index contributed by atoms with van der Waals surface area (Å²) in [6.45, 7) is 0. The van der Waals surface area contributed by atoms with E-state index in [9.17, 15) is 9.90 Å². The number of rotatable bonds is 3. The van der Waals surface area contributed by atoms with E-state index in [0.717, 1.165) is 0 Å². The lowest BCUT2D eigenvalue weighted by molar-refractivity contribution is 0.0955. The average Bonchev–Trinajstić information content (AvgIpc) is 2.45. The summed E-state index contributed by atoms with van der Waals surface area (Å²) in [5, 5.41) is 13.5. The maximum Gasteiger partial charge on any atom is 0.271 e. The van der Waals surface area contributed by atoms with Crippen molar-refractivity contribution in [3.05, 3.63) is 63.6 Å². The fraction of sp³-hybridized carbons (Fsp3) is 0. The highest BCUT2D eigenvalue weighted by Gasteiger charge is 2.05. The van der Waals surface area contributed by atoms with Crippen molar-refractivity contribution in [2.24, 2.45) is 5.10 Å². The predicted octanol–water partition coefficient (Wildman–Crippen LogP) is 3.46. The summed E-state index contributed by atoms with van der Waals surface area (Å²) in [7, 11) is 0. The number of hydrazone groups is 1. The first-order valence-corrected chi connectivity index (χ1v) is 6.40. The van der Waals surface area contributed by atoms with E-state index in [1.54, 1.807) is 24.3 Å². The van der Waals surface area contributed by atoms with Crippen LogP contribution in [-0.4, -0.2) is 17.2 Å². The lowest BCUT2D eigenvalue weighted by Gasteiger charge is -2.02. The Labute approximate surface area is 125 Å². The van der Waals surface area contributed by atoms with Gasteiger partial charge in [0.2, 0.25) is 0 Å². The van der Waals surface area contributed by atoms with Crippen LogP contribution in [0.15, 0.2) is 47.6 Å². The minimum absolute atomic E-state index is 0.119. The Morgan fingerprint density at radius 1 is 1.15 bits per heavy atom. The number of nitrogens with zero attached hydrogens (tertiary/aromatic N) is 1. The first-order chi connectivity index (χ1) is 9.58. The van der Waals surface area contributed by atoms with Crippen molar-refractivity contribution in [1.29, 1.82) is 0 Å². The largest absolute Gasteiger partial charge is 0.505 e. The van der Waals surface area contributed by atoms with Crippen LogP contribution in [0.25, 0.3) is 0 Å². The molecule has 0 saturated carbocycles. The Kier molecular flexibility index (Phi) is 4.61. The van der Waals surface area contributed by atoms with Gasteiger partial charge in [0.1, 0.15) is 0 Å². The third-order valence-electron chi connectivity index (χ3n) is 2.45. The van der Waals surface area contributed by atoms with Gasteiger partial charge in [0, 0.05) is 5.56 Å². The van der Waals surface area contributed by atoms with Gasteiger partial charge in [0.15, 0.2) is 5.75 Å². The summed E-state index contributed by atoms with van der Waals surface area (Å²) in [5.74, 6) is -0.503. The number of hydrogen-bond acceptors (Lipinski definition) is 3. The molecule has 2 aromatic carbocycles. The number of hydrogen-bond donors (Lipinski definition) is 2. The molecule has 0 saturated heterocycles. The van der Waals surface area contributed by atoms with Crippen molar-refractivity contribution in [2.75, 3.05) is 0 Å². The van der Waals surface area contributed by atoms with Crippen LogP contribution < -0.4 is 5.43 Å². The highest BCUT2D eigenvalue weighted by Crippen LogP contribution is 2.32. The quantitative estimate of drug-likeness (QED) is 0.674. The van der Waals surface area contributed by atoms with Gasteiger partial charge in [-0.3, -0.25) is 4.79 Å². The fourth-order valence-electron chi connectivity index (χ4n) is 1.48. The molecule has 6 heteroatoms. The molecule has 0 spiro atoms. The van der Waals surface area contributed by atoms with Gasteiger partial charge in [-0.15, -0.1) is 0 Å². The van der Waals surface area contributed by atoms with E-state index in [1.165, 1.54) is 18.3 Å². The molecule has 0 atom stereocenters. The van der Waals surface area contributed by atoms with Crippen LogP contribution >= 0.6 is 23.2 Å². The summed E-state index contributed by atoms with van der Waals surface area (Å²) in [5.41, 5.74) is 3.45. The average molecular weight is 309 g/mol. The first-order valence-electron chi connectivity index (χ1n) is 5.64. The first kappa shape index (κ1) is 14.4. The summed E-state index contributed by atoms with van der Waals surface area (Å²) in [6.07, 6.45) is 1.39. The van der Waals surface area contributed by atoms with Crippen molar-refractivity contribution in [1.82, 2.24) is 5.43 Å². The summed E-state index contributed by atoms with van der Waals surface area (Å²) in [6, 6.07) is 11.7. The van der Waals surface area contributed by atoms with Crippen LogP contribution in [0.4, 0.5) is 0 Å². The van der Waals surface area contributed by atoms with Crippen LogP contribution in [0.5, 0.6) is 5.75 Å². The van der Waals surface area contributed by atoms with Gasteiger partial charge in [0.25, 0.3) is 5.91 Å². The summed E-state index contributed by atoms with van der Waals surface area (Å²) >= 11 is 11.5. The maximum absolute atomic E-state index is 11.7. The van der Waals surface area contributed by atoms with Gasteiger partial charge in [-0.05, 0) is 29.8 Å². The van der Waals surface area contributed by atoms with Crippen molar-refractivity contribution in [3.63, 3.8) is 0 Å². The number of amides is 1. The molecule has 0 heterocycles. The molecule has 0 fully saturated rings. The zero-order chi connectivity index (χ0) is 14.5. The van der Waals surface area contributed by atoms with Gasteiger partial charge >= 0.3 is 0 Å². The molecule has 2 N–H and O–H groups in total. The van der Waals surface area contributed by atoms with Gasteiger partial charge in [0.05, 0.1) is 16.3 Å². The molecule has 2 aromatic rings. The van der Waals surface area contributed by atoms with Gasteiger partial charge in [-0.1, -0.05) is 41.4 Å². The lowest BCUT2D eigenvalue weighted by atomic mass is 10.2. The highest BCUT2D eigenvalue weighted by molar-refractivity contribution is 6.37. The number of benzene rings is 2. The van der Waals surface area contributed by atoms with Crippen molar-refractivity contribution in [3.8, 4) is 5.75 Å². The second-order valence-electron chi connectivity index (χ2n) is 3.90. The second-order valence-corrected chi connectivity index (χ2v) is 4.71. The molecule has 1 amide bonds. The number of carbonyl (C=O) groups is 1. The monoisotopic (exact) mass is 308 g/mol. The zero-order valence-electron chi connectivity index (χ0n) is 10.2. The van der Waals surface area contributed by atoms with Crippen molar-refractivity contribution in [2.45, 2.75) is 0 Å². The molecular formula is C14H10Cl2N2O2. The molecule has 20 heavy (non-hydrogen) atoms. The molecule has 0 unspecified atom stereocenters. The van der Waals surface area contributed by atoms with E-state index >= 15 is 0 Å². The number of phenolic OH excluding ortho intramolecular Hbond substituents is 1. The molecule has 0 aromatic heterocycles. The number of carbonyl (C=O) groups excluding carboxylic acids is 1. The molecule has 0 bridgehead atoms. The third kappa shape index (κ3) is 3.50. The van der Waals surface area contributed by atoms with E-state index in [2.05, 4.69) is 10.5 Å². The van der Waals surface area contributed by atoms with Crippen molar-refractivity contribution >= 4 is 35.3 Å². The second kappa shape index (κ2) is 6.41. The SMILES string of the molecule is O=C(NN=Cc1cc(Cl)c(O)c(Cl)c1)c1ccccc1. The minimum Gasteiger partial charge on any atom is -0.505 e. The van der Waals surface area contributed by atoms with Crippen LogP contribution in [0, 0.1) is 0 Å². The number of phenols is 1. The zero-order valence-corrected chi connectivity index (χ0v) is 11.7. The van der Waals surface area contributed by atoms with Crippen LogP contribution in [0.3, 0.4) is 0 Å². The molecule has 0 aliphatic rings. The van der Waals surface area contributed by atoms with Gasteiger partial charge < -0.3 is 5.11 Å². The highest BCUT2D eigenvalue weighted by atomic mass is 35.5. The molecule has 0 aliphatic heterocycles. The Morgan fingerprint density at radius 2 is 1.75 bits per heavy atom. The Balaban J connectivity index is 2.06.